The highest BCUT2D eigenvalue weighted by molar-refractivity contribution is 7.09. The van der Waals surface area contributed by atoms with Crippen molar-refractivity contribution in [2.45, 2.75) is 19.5 Å². The zero-order valence-corrected chi connectivity index (χ0v) is 11.8. The van der Waals surface area contributed by atoms with E-state index in [1.165, 1.54) is 11.3 Å². The molecule has 6 heteroatoms. The van der Waals surface area contributed by atoms with Crippen LogP contribution in [0, 0.1) is 6.92 Å². The first-order valence-electron chi connectivity index (χ1n) is 6.26. The van der Waals surface area contributed by atoms with E-state index in [2.05, 4.69) is 9.98 Å². The van der Waals surface area contributed by atoms with E-state index in [9.17, 15) is 4.79 Å². The molecule has 1 atom stereocenters. The number of carbonyl (C=O) groups is 1. The molecule has 0 saturated heterocycles. The van der Waals surface area contributed by atoms with Gasteiger partial charge in [0.1, 0.15) is 16.9 Å². The number of rotatable bonds is 3. The molecule has 0 radical (unpaired) electrons. The fourth-order valence-electron chi connectivity index (χ4n) is 2.20. The number of amides is 2. The minimum Gasteiger partial charge on any atom is -0.385 e. The van der Waals surface area contributed by atoms with Gasteiger partial charge in [-0.15, -0.1) is 11.3 Å². The average molecular weight is 286 g/mol. The molecule has 0 fully saturated rings. The van der Waals surface area contributed by atoms with Crippen molar-refractivity contribution in [3.8, 4) is 0 Å². The molecular formula is C14H14N4OS. The molecule has 1 aromatic carbocycles. The molecule has 2 aromatic rings. The number of aryl methyl sites for hydroxylation is 1. The number of carbonyl (C=O) groups excluding carboxylic acids is 1. The van der Waals surface area contributed by atoms with Gasteiger partial charge < -0.3 is 10.6 Å². The Hall–Kier alpha value is -2.21. The van der Waals surface area contributed by atoms with Gasteiger partial charge >= 0.3 is 6.03 Å². The highest BCUT2D eigenvalue weighted by atomic mass is 32.1. The van der Waals surface area contributed by atoms with Crippen LogP contribution in [0.2, 0.25) is 0 Å². The van der Waals surface area contributed by atoms with Crippen molar-refractivity contribution in [3.63, 3.8) is 0 Å². The summed E-state index contributed by atoms with van der Waals surface area (Å²) in [5, 5.41) is 2.76. The molecular weight excluding hydrogens is 272 g/mol. The maximum Gasteiger partial charge on any atom is 0.346 e. The number of benzene rings is 1. The number of hydrogen-bond donors (Lipinski definition) is 1. The average Bonchev–Trinajstić information content (AvgIpc) is 2.95. The Labute approximate surface area is 120 Å². The lowest BCUT2D eigenvalue weighted by atomic mass is 10.2. The van der Waals surface area contributed by atoms with E-state index in [0.717, 1.165) is 16.3 Å². The predicted molar refractivity (Wildman–Crippen MR) is 78.6 cm³/mol. The van der Waals surface area contributed by atoms with Gasteiger partial charge in [0, 0.05) is 17.6 Å². The number of thiazole rings is 1. The molecule has 0 aliphatic carbocycles. The van der Waals surface area contributed by atoms with Crippen LogP contribution in [0.15, 0.2) is 40.7 Å². The second kappa shape index (κ2) is 5.05. The third-order valence-electron chi connectivity index (χ3n) is 3.13. The van der Waals surface area contributed by atoms with Gasteiger partial charge in [-0.2, -0.15) is 4.99 Å². The lowest BCUT2D eigenvalue weighted by molar-refractivity contribution is 0.203. The second-order valence-corrected chi connectivity index (χ2v) is 5.55. The smallest absolute Gasteiger partial charge is 0.346 e. The van der Waals surface area contributed by atoms with Crippen LogP contribution in [-0.4, -0.2) is 21.8 Å². The van der Waals surface area contributed by atoms with E-state index >= 15 is 0 Å². The fourth-order valence-corrected chi connectivity index (χ4v) is 3.12. The van der Waals surface area contributed by atoms with Crippen molar-refractivity contribution in [3.05, 3.63) is 52.0 Å². The zero-order valence-electron chi connectivity index (χ0n) is 11.0. The SMILES string of the molecule is Cc1csc(C2C(N)=NC(=O)N2Cc2ccccc2)n1. The number of nitrogens with two attached hydrogens (primary N) is 1. The minimum absolute atomic E-state index is 0.302. The first kappa shape index (κ1) is 12.8. The van der Waals surface area contributed by atoms with Crippen LogP contribution >= 0.6 is 11.3 Å². The molecule has 2 heterocycles. The molecule has 2 amide bonds. The topological polar surface area (TPSA) is 71.6 Å². The van der Waals surface area contributed by atoms with Gasteiger partial charge in [0.15, 0.2) is 0 Å². The maximum absolute atomic E-state index is 12.0. The summed E-state index contributed by atoms with van der Waals surface area (Å²) in [5.74, 6) is 0.320. The molecule has 102 valence electrons. The summed E-state index contributed by atoms with van der Waals surface area (Å²) in [5.41, 5.74) is 7.88. The van der Waals surface area contributed by atoms with Gasteiger partial charge in [-0.05, 0) is 12.5 Å². The van der Waals surface area contributed by atoms with Gasteiger partial charge in [0.05, 0.1) is 0 Å². The largest absolute Gasteiger partial charge is 0.385 e. The summed E-state index contributed by atoms with van der Waals surface area (Å²) in [6.45, 7) is 2.40. The summed E-state index contributed by atoms with van der Waals surface area (Å²) < 4.78 is 0. The van der Waals surface area contributed by atoms with E-state index in [1.807, 2.05) is 42.6 Å². The molecule has 20 heavy (non-hydrogen) atoms. The number of nitrogens with zero attached hydrogens (tertiary/aromatic N) is 3. The summed E-state index contributed by atoms with van der Waals surface area (Å²) >= 11 is 1.50. The number of amidine groups is 1. The first-order valence-corrected chi connectivity index (χ1v) is 7.14. The lowest BCUT2D eigenvalue weighted by Crippen LogP contribution is -2.32. The molecule has 0 spiro atoms. The molecule has 5 nitrogen and oxygen atoms in total. The minimum atomic E-state index is -0.346. The highest BCUT2D eigenvalue weighted by Gasteiger charge is 2.36. The Balaban J connectivity index is 1.90. The van der Waals surface area contributed by atoms with Crippen molar-refractivity contribution in [1.29, 1.82) is 0 Å². The predicted octanol–water partition coefficient (Wildman–Crippen LogP) is 2.49. The molecule has 0 bridgehead atoms. The lowest BCUT2D eigenvalue weighted by Gasteiger charge is -2.22. The fraction of sp³-hybridized carbons (Fsp3) is 0.214. The number of aliphatic imine (C=N–C) groups is 1. The molecule has 0 saturated carbocycles. The van der Waals surface area contributed by atoms with Crippen molar-refractivity contribution < 1.29 is 4.79 Å². The molecule has 1 aliphatic heterocycles. The second-order valence-electron chi connectivity index (χ2n) is 4.66. The standard InChI is InChI=1S/C14H14N4OS/c1-9-8-20-13(16-9)11-12(15)17-14(19)18(11)7-10-5-3-2-4-6-10/h2-6,8,11H,7H2,1H3,(H2,15,17,19). The zero-order chi connectivity index (χ0) is 14.1. The maximum atomic E-state index is 12.0. The van der Waals surface area contributed by atoms with Gasteiger partial charge in [-0.3, -0.25) is 0 Å². The van der Waals surface area contributed by atoms with Crippen molar-refractivity contribution in [1.82, 2.24) is 9.88 Å². The summed E-state index contributed by atoms with van der Waals surface area (Å²) in [7, 11) is 0. The van der Waals surface area contributed by atoms with E-state index in [1.54, 1.807) is 4.90 Å². The molecule has 1 aliphatic rings. The van der Waals surface area contributed by atoms with Gasteiger partial charge in [0.25, 0.3) is 0 Å². The Morgan fingerprint density at radius 2 is 2.10 bits per heavy atom. The third-order valence-corrected chi connectivity index (χ3v) is 4.14. The monoisotopic (exact) mass is 286 g/mol. The quantitative estimate of drug-likeness (QED) is 0.942. The summed E-state index contributed by atoms with van der Waals surface area (Å²) in [6, 6.07) is 9.15. The van der Waals surface area contributed by atoms with Gasteiger partial charge in [-0.1, -0.05) is 30.3 Å². The Kier molecular flexibility index (Phi) is 3.23. The number of aromatic nitrogens is 1. The van der Waals surface area contributed by atoms with Crippen LogP contribution in [0.3, 0.4) is 0 Å². The van der Waals surface area contributed by atoms with Crippen LogP contribution in [0.25, 0.3) is 0 Å². The molecule has 1 aromatic heterocycles. The molecule has 2 N–H and O–H groups in total. The van der Waals surface area contributed by atoms with Crippen molar-refractivity contribution in [2.75, 3.05) is 0 Å². The summed E-state index contributed by atoms with van der Waals surface area (Å²) in [4.78, 5) is 22.0. The van der Waals surface area contributed by atoms with E-state index in [-0.39, 0.29) is 12.1 Å². The first-order chi connectivity index (χ1) is 9.65. The Bertz CT molecular complexity index is 665. The normalized spacial score (nSPS) is 18.4. The van der Waals surface area contributed by atoms with Crippen LogP contribution < -0.4 is 5.73 Å². The third kappa shape index (κ3) is 2.30. The van der Waals surface area contributed by atoms with Crippen molar-refractivity contribution in [2.24, 2.45) is 10.7 Å². The Morgan fingerprint density at radius 1 is 1.35 bits per heavy atom. The van der Waals surface area contributed by atoms with Gasteiger partial charge in [0.2, 0.25) is 0 Å². The van der Waals surface area contributed by atoms with Crippen LogP contribution in [0.1, 0.15) is 22.3 Å². The Morgan fingerprint density at radius 3 is 2.75 bits per heavy atom. The summed E-state index contributed by atoms with van der Waals surface area (Å²) in [6.07, 6.45) is 0. The van der Waals surface area contributed by atoms with Crippen LogP contribution in [0.4, 0.5) is 4.79 Å². The van der Waals surface area contributed by atoms with Crippen molar-refractivity contribution >= 4 is 23.2 Å². The van der Waals surface area contributed by atoms with Crippen LogP contribution in [0.5, 0.6) is 0 Å². The van der Waals surface area contributed by atoms with E-state index in [0.29, 0.717) is 12.4 Å². The molecule has 1 unspecified atom stereocenters. The van der Waals surface area contributed by atoms with Crippen LogP contribution in [-0.2, 0) is 6.54 Å². The number of hydrogen-bond acceptors (Lipinski definition) is 4. The highest BCUT2D eigenvalue weighted by Crippen LogP contribution is 2.30. The number of urea groups is 1. The van der Waals surface area contributed by atoms with E-state index < -0.39 is 0 Å². The van der Waals surface area contributed by atoms with E-state index in [4.69, 9.17) is 5.73 Å². The molecule has 3 rings (SSSR count). The van der Waals surface area contributed by atoms with Gasteiger partial charge in [-0.25, -0.2) is 9.78 Å².